The second-order valence-corrected chi connectivity index (χ2v) is 6.14. The number of nitrogens with one attached hydrogen (secondary N) is 2. The van der Waals surface area contributed by atoms with Gasteiger partial charge in [0.25, 0.3) is 11.8 Å². The maximum Gasteiger partial charge on any atom is 0.273 e. The highest BCUT2D eigenvalue weighted by atomic mass is 79.9. The van der Waals surface area contributed by atoms with Gasteiger partial charge < -0.3 is 9.73 Å². The fourth-order valence-corrected chi connectivity index (χ4v) is 2.59. The lowest BCUT2D eigenvalue weighted by Gasteiger charge is -2.10. The van der Waals surface area contributed by atoms with Crippen molar-refractivity contribution in [3.63, 3.8) is 0 Å². The Bertz CT molecular complexity index is 952. The molecule has 3 aromatic rings. The number of hydrogen-bond acceptors (Lipinski definition) is 4. The summed E-state index contributed by atoms with van der Waals surface area (Å²) in [6, 6.07) is 17.1. The largest absolute Gasteiger partial charge is 0.463 e. The summed E-state index contributed by atoms with van der Waals surface area (Å²) in [5, 5.41) is 6.59. The minimum Gasteiger partial charge on any atom is -0.463 e. The molecule has 7 heteroatoms. The van der Waals surface area contributed by atoms with E-state index in [1.165, 1.54) is 12.5 Å². The van der Waals surface area contributed by atoms with E-state index in [1.807, 2.05) is 6.07 Å². The van der Waals surface area contributed by atoms with Crippen LogP contribution in [0.5, 0.6) is 0 Å². The summed E-state index contributed by atoms with van der Waals surface area (Å²) in [5.41, 5.74) is 3.58. The predicted molar refractivity (Wildman–Crippen MR) is 102 cm³/mol. The molecular formula is C19H14BrN3O3. The van der Waals surface area contributed by atoms with Crippen LogP contribution in [0.15, 0.2) is 80.9 Å². The van der Waals surface area contributed by atoms with Crippen LogP contribution in [-0.2, 0) is 0 Å². The molecule has 0 radical (unpaired) electrons. The monoisotopic (exact) mass is 411 g/mol. The van der Waals surface area contributed by atoms with Gasteiger partial charge >= 0.3 is 0 Å². The zero-order chi connectivity index (χ0) is 18.4. The summed E-state index contributed by atoms with van der Waals surface area (Å²) in [7, 11) is 0. The molecule has 130 valence electrons. The van der Waals surface area contributed by atoms with E-state index in [9.17, 15) is 9.59 Å². The lowest BCUT2D eigenvalue weighted by atomic mass is 10.1. The standard InChI is InChI=1S/C19H14BrN3O3/c20-14-6-3-5-13(11-14)18(24)22-17-9-2-1-8-16(17)19(25)23-21-12-15-7-4-10-26-15/h1-12H,(H,22,24)(H,23,25)/b21-12-. The van der Waals surface area contributed by atoms with Gasteiger partial charge in [0.2, 0.25) is 0 Å². The first kappa shape index (κ1) is 17.6. The molecule has 2 aromatic carbocycles. The summed E-state index contributed by atoms with van der Waals surface area (Å²) in [5.74, 6) is -0.245. The first-order valence-electron chi connectivity index (χ1n) is 7.66. The van der Waals surface area contributed by atoms with E-state index in [-0.39, 0.29) is 5.91 Å². The fraction of sp³-hybridized carbons (Fsp3) is 0. The molecule has 1 heterocycles. The molecule has 0 bridgehead atoms. The van der Waals surface area contributed by atoms with Crippen LogP contribution in [0.3, 0.4) is 0 Å². The van der Waals surface area contributed by atoms with Crippen LogP contribution in [0.2, 0.25) is 0 Å². The Balaban J connectivity index is 1.73. The Morgan fingerprint density at radius 1 is 1.00 bits per heavy atom. The van der Waals surface area contributed by atoms with Gasteiger partial charge in [-0.2, -0.15) is 5.10 Å². The second kappa shape index (κ2) is 8.26. The number of amides is 2. The van der Waals surface area contributed by atoms with Gasteiger partial charge in [0.1, 0.15) is 5.76 Å². The Morgan fingerprint density at radius 3 is 2.62 bits per heavy atom. The number of hydrazone groups is 1. The van der Waals surface area contributed by atoms with Crippen molar-refractivity contribution < 1.29 is 14.0 Å². The van der Waals surface area contributed by atoms with Crippen molar-refractivity contribution in [1.82, 2.24) is 5.43 Å². The number of benzene rings is 2. The zero-order valence-corrected chi connectivity index (χ0v) is 15.1. The van der Waals surface area contributed by atoms with E-state index < -0.39 is 5.91 Å². The lowest BCUT2D eigenvalue weighted by Crippen LogP contribution is -2.21. The van der Waals surface area contributed by atoms with Crippen molar-refractivity contribution in [3.8, 4) is 0 Å². The third-order valence-electron chi connectivity index (χ3n) is 3.41. The van der Waals surface area contributed by atoms with Crippen LogP contribution in [0.4, 0.5) is 5.69 Å². The van der Waals surface area contributed by atoms with Crippen LogP contribution in [0, 0.1) is 0 Å². The van der Waals surface area contributed by atoms with Crippen molar-refractivity contribution in [3.05, 3.63) is 88.3 Å². The normalized spacial score (nSPS) is 10.7. The SMILES string of the molecule is O=C(Nc1ccccc1C(=O)N/N=C\c1ccco1)c1cccc(Br)c1. The molecule has 6 nitrogen and oxygen atoms in total. The zero-order valence-electron chi connectivity index (χ0n) is 13.5. The lowest BCUT2D eigenvalue weighted by molar-refractivity contribution is 0.0956. The van der Waals surface area contributed by atoms with Gasteiger partial charge in [0.15, 0.2) is 0 Å². The predicted octanol–water partition coefficient (Wildman–Crippen LogP) is 4.06. The van der Waals surface area contributed by atoms with Gasteiger partial charge in [-0.15, -0.1) is 0 Å². The van der Waals surface area contributed by atoms with Crippen molar-refractivity contribution in [2.24, 2.45) is 5.10 Å². The molecule has 0 saturated carbocycles. The van der Waals surface area contributed by atoms with E-state index >= 15 is 0 Å². The number of furan rings is 1. The number of hydrogen-bond donors (Lipinski definition) is 2. The number of anilines is 1. The van der Waals surface area contributed by atoms with Gasteiger partial charge in [-0.3, -0.25) is 9.59 Å². The Labute approximate surface area is 158 Å². The number of rotatable bonds is 5. The minimum atomic E-state index is -0.446. The maximum atomic E-state index is 12.4. The Hall–Kier alpha value is -3.19. The van der Waals surface area contributed by atoms with E-state index in [1.54, 1.807) is 54.6 Å². The van der Waals surface area contributed by atoms with Gasteiger partial charge in [-0.25, -0.2) is 5.43 Å². The molecule has 0 aliphatic carbocycles. The molecule has 0 atom stereocenters. The highest BCUT2D eigenvalue weighted by molar-refractivity contribution is 9.10. The molecule has 3 rings (SSSR count). The van der Waals surface area contributed by atoms with Gasteiger partial charge in [0.05, 0.1) is 23.7 Å². The van der Waals surface area contributed by atoms with E-state index in [0.717, 1.165) is 4.47 Å². The highest BCUT2D eigenvalue weighted by Crippen LogP contribution is 2.18. The van der Waals surface area contributed by atoms with E-state index in [0.29, 0.717) is 22.6 Å². The quantitative estimate of drug-likeness (QED) is 0.490. The molecule has 2 N–H and O–H groups in total. The average Bonchev–Trinajstić information content (AvgIpc) is 3.15. The highest BCUT2D eigenvalue weighted by Gasteiger charge is 2.13. The number of para-hydroxylation sites is 1. The summed E-state index contributed by atoms with van der Waals surface area (Å²) < 4.78 is 5.89. The van der Waals surface area contributed by atoms with Gasteiger partial charge in [-0.1, -0.05) is 34.1 Å². The van der Waals surface area contributed by atoms with Crippen LogP contribution in [0.1, 0.15) is 26.5 Å². The Morgan fingerprint density at radius 2 is 1.85 bits per heavy atom. The third-order valence-corrected chi connectivity index (χ3v) is 3.90. The fourth-order valence-electron chi connectivity index (χ4n) is 2.19. The van der Waals surface area contributed by atoms with Crippen molar-refractivity contribution >= 4 is 39.6 Å². The molecule has 0 saturated heterocycles. The minimum absolute atomic E-state index is 0.299. The topological polar surface area (TPSA) is 83.7 Å². The molecule has 0 aliphatic heterocycles. The first-order chi connectivity index (χ1) is 12.6. The van der Waals surface area contributed by atoms with Crippen molar-refractivity contribution in [2.75, 3.05) is 5.32 Å². The summed E-state index contributed by atoms with van der Waals surface area (Å²) in [4.78, 5) is 24.8. The average molecular weight is 412 g/mol. The molecule has 0 aliphatic rings. The van der Waals surface area contributed by atoms with Crippen molar-refractivity contribution in [2.45, 2.75) is 0 Å². The van der Waals surface area contributed by atoms with Crippen LogP contribution in [-0.4, -0.2) is 18.0 Å². The summed E-state index contributed by atoms with van der Waals surface area (Å²) in [6.45, 7) is 0. The molecule has 1 aromatic heterocycles. The van der Waals surface area contributed by atoms with Crippen LogP contribution < -0.4 is 10.7 Å². The molecule has 0 unspecified atom stereocenters. The molecule has 26 heavy (non-hydrogen) atoms. The summed E-state index contributed by atoms with van der Waals surface area (Å²) >= 11 is 3.33. The van der Waals surface area contributed by atoms with Gasteiger partial charge in [-0.05, 0) is 42.5 Å². The van der Waals surface area contributed by atoms with E-state index in [2.05, 4.69) is 31.8 Å². The molecule has 0 fully saturated rings. The smallest absolute Gasteiger partial charge is 0.273 e. The second-order valence-electron chi connectivity index (χ2n) is 5.22. The number of halogens is 1. The summed E-state index contributed by atoms with van der Waals surface area (Å²) in [6.07, 6.45) is 2.90. The molecule has 0 spiro atoms. The van der Waals surface area contributed by atoms with Crippen LogP contribution in [0.25, 0.3) is 0 Å². The van der Waals surface area contributed by atoms with Crippen LogP contribution >= 0.6 is 15.9 Å². The molecule has 2 amide bonds. The van der Waals surface area contributed by atoms with Gasteiger partial charge in [0, 0.05) is 10.0 Å². The number of nitrogens with zero attached hydrogens (tertiary/aromatic N) is 1. The molecular weight excluding hydrogens is 398 g/mol. The Kier molecular flexibility index (Phi) is 5.60. The van der Waals surface area contributed by atoms with Crippen molar-refractivity contribution in [1.29, 1.82) is 0 Å². The first-order valence-corrected chi connectivity index (χ1v) is 8.45. The number of carbonyl (C=O) groups is 2. The number of carbonyl (C=O) groups excluding carboxylic acids is 2. The third kappa shape index (κ3) is 4.46. The van der Waals surface area contributed by atoms with E-state index in [4.69, 9.17) is 4.42 Å². The maximum absolute atomic E-state index is 12.4.